The normalized spacial score (nSPS) is 16.9. The maximum Gasteiger partial charge on any atom is 0.236 e. The third kappa shape index (κ3) is 2.29. The zero-order valence-corrected chi connectivity index (χ0v) is 10.1. The van der Waals surface area contributed by atoms with Crippen LogP contribution in [0.3, 0.4) is 0 Å². The van der Waals surface area contributed by atoms with E-state index in [4.69, 9.17) is 0 Å². The van der Waals surface area contributed by atoms with Gasteiger partial charge in [-0.3, -0.25) is 0 Å². The molecule has 2 aromatic rings. The topological polar surface area (TPSA) is 37.0 Å². The summed E-state index contributed by atoms with van der Waals surface area (Å²) in [5.74, 6) is -0.410. The van der Waals surface area contributed by atoms with Gasteiger partial charge in [0.05, 0.1) is 11.2 Å². The molecule has 4 heteroatoms. The minimum Gasteiger partial charge on any atom is -0.379 e. The van der Waals surface area contributed by atoms with Crippen LogP contribution in [0.2, 0.25) is 0 Å². The van der Waals surface area contributed by atoms with Crippen molar-refractivity contribution in [2.24, 2.45) is 0 Å². The van der Waals surface area contributed by atoms with Crippen molar-refractivity contribution in [3.05, 3.63) is 36.3 Å². The number of benzene rings is 1. The molecule has 0 bridgehead atoms. The quantitative estimate of drug-likeness (QED) is 0.798. The van der Waals surface area contributed by atoms with Crippen LogP contribution in [0, 0.1) is 5.95 Å². The third-order valence-corrected chi connectivity index (χ3v) is 3.38. The van der Waals surface area contributed by atoms with Crippen molar-refractivity contribution in [2.45, 2.75) is 18.9 Å². The maximum atomic E-state index is 13.9. The predicted octanol–water partition coefficient (Wildman–Crippen LogP) is 2.54. The second-order valence-corrected chi connectivity index (χ2v) is 4.69. The summed E-state index contributed by atoms with van der Waals surface area (Å²) in [6.45, 7) is 1.97. The first-order chi connectivity index (χ1) is 8.83. The molecule has 2 heterocycles. The lowest BCUT2D eigenvalue weighted by molar-refractivity contribution is 0.475. The Kier molecular flexibility index (Phi) is 3.11. The highest BCUT2D eigenvalue weighted by Gasteiger charge is 2.15. The van der Waals surface area contributed by atoms with Crippen molar-refractivity contribution in [3.63, 3.8) is 0 Å². The molecule has 1 saturated heterocycles. The van der Waals surface area contributed by atoms with Crippen molar-refractivity contribution in [1.82, 2.24) is 10.3 Å². The highest BCUT2D eigenvalue weighted by Crippen LogP contribution is 2.21. The lowest BCUT2D eigenvalue weighted by Crippen LogP contribution is -2.35. The second-order valence-electron chi connectivity index (χ2n) is 4.69. The highest BCUT2D eigenvalue weighted by molar-refractivity contribution is 5.81. The molecule has 1 aromatic carbocycles. The van der Waals surface area contributed by atoms with Gasteiger partial charge in [-0.1, -0.05) is 18.2 Å². The van der Waals surface area contributed by atoms with Gasteiger partial charge in [-0.15, -0.1) is 0 Å². The number of piperidine rings is 1. The molecule has 0 unspecified atom stereocenters. The average Bonchev–Trinajstić information content (AvgIpc) is 2.41. The Morgan fingerprint density at radius 3 is 2.83 bits per heavy atom. The summed E-state index contributed by atoms with van der Waals surface area (Å²) in [6, 6.07) is 9.77. The van der Waals surface area contributed by atoms with Crippen LogP contribution >= 0.6 is 0 Å². The molecule has 0 amide bonds. The number of pyridine rings is 1. The van der Waals surface area contributed by atoms with Gasteiger partial charge in [-0.25, -0.2) is 4.98 Å². The fourth-order valence-corrected chi connectivity index (χ4v) is 2.38. The molecule has 0 saturated carbocycles. The van der Waals surface area contributed by atoms with E-state index in [0.717, 1.165) is 31.3 Å². The Balaban J connectivity index is 1.88. The van der Waals surface area contributed by atoms with Gasteiger partial charge in [0.2, 0.25) is 5.95 Å². The Labute approximate surface area is 105 Å². The van der Waals surface area contributed by atoms with Crippen molar-refractivity contribution < 1.29 is 4.39 Å². The van der Waals surface area contributed by atoms with Crippen LogP contribution in [-0.4, -0.2) is 24.1 Å². The summed E-state index contributed by atoms with van der Waals surface area (Å²) in [5.41, 5.74) is 1.21. The molecule has 0 atom stereocenters. The lowest BCUT2D eigenvalue weighted by Gasteiger charge is -2.24. The van der Waals surface area contributed by atoms with Crippen LogP contribution in [0.1, 0.15) is 12.8 Å². The predicted molar refractivity (Wildman–Crippen MR) is 71.2 cm³/mol. The average molecular weight is 245 g/mol. The van der Waals surface area contributed by atoms with E-state index < -0.39 is 5.95 Å². The fraction of sp³-hybridized carbons (Fsp3) is 0.357. The van der Waals surface area contributed by atoms with Crippen LogP contribution in [0.25, 0.3) is 10.9 Å². The summed E-state index contributed by atoms with van der Waals surface area (Å²) in [4.78, 5) is 4.00. The molecule has 1 aliphatic heterocycles. The first-order valence-electron chi connectivity index (χ1n) is 6.35. The van der Waals surface area contributed by atoms with E-state index in [-0.39, 0.29) is 0 Å². The third-order valence-electron chi connectivity index (χ3n) is 3.38. The van der Waals surface area contributed by atoms with Gasteiger partial charge in [0, 0.05) is 11.4 Å². The molecular weight excluding hydrogens is 229 g/mol. The highest BCUT2D eigenvalue weighted by atomic mass is 19.1. The molecule has 0 aliphatic carbocycles. The van der Waals surface area contributed by atoms with Crippen molar-refractivity contribution in [2.75, 3.05) is 18.4 Å². The Hall–Kier alpha value is -1.68. The zero-order valence-electron chi connectivity index (χ0n) is 10.1. The largest absolute Gasteiger partial charge is 0.379 e. The van der Waals surface area contributed by atoms with Crippen LogP contribution < -0.4 is 10.6 Å². The number of aromatic nitrogens is 1. The van der Waals surface area contributed by atoms with E-state index in [1.54, 1.807) is 0 Å². The number of hydrogen-bond donors (Lipinski definition) is 2. The summed E-state index contributed by atoms with van der Waals surface area (Å²) in [6.07, 6.45) is 2.04. The summed E-state index contributed by atoms with van der Waals surface area (Å²) in [5, 5.41) is 7.53. The van der Waals surface area contributed by atoms with Crippen LogP contribution in [0.4, 0.5) is 10.1 Å². The van der Waals surface area contributed by atoms with Gasteiger partial charge in [-0.05, 0) is 38.1 Å². The van der Waals surface area contributed by atoms with Gasteiger partial charge >= 0.3 is 0 Å². The molecule has 2 N–H and O–H groups in total. The minimum absolute atomic E-state index is 0.337. The maximum absolute atomic E-state index is 13.9. The summed E-state index contributed by atoms with van der Waals surface area (Å²) in [7, 11) is 0. The zero-order chi connectivity index (χ0) is 12.4. The first kappa shape index (κ1) is 11.4. The molecule has 1 fully saturated rings. The van der Waals surface area contributed by atoms with E-state index >= 15 is 0 Å². The number of anilines is 1. The van der Waals surface area contributed by atoms with Gasteiger partial charge in [0.1, 0.15) is 0 Å². The number of halogens is 1. The molecule has 0 spiro atoms. The van der Waals surface area contributed by atoms with Gasteiger partial charge in [0.25, 0.3) is 0 Å². The van der Waals surface area contributed by atoms with E-state index in [0.29, 0.717) is 17.2 Å². The second kappa shape index (κ2) is 4.90. The number of nitrogens with one attached hydrogen (secondary N) is 2. The summed E-state index contributed by atoms with van der Waals surface area (Å²) < 4.78 is 13.9. The van der Waals surface area contributed by atoms with E-state index in [1.807, 2.05) is 30.3 Å². The Morgan fingerprint density at radius 2 is 2.00 bits per heavy atom. The first-order valence-corrected chi connectivity index (χ1v) is 6.35. The number of hydrogen-bond acceptors (Lipinski definition) is 3. The van der Waals surface area contributed by atoms with Crippen LogP contribution in [-0.2, 0) is 0 Å². The van der Waals surface area contributed by atoms with Crippen LogP contribution in [0.5, 0.6) is 0 Å². The molecule has 0 radical (unpaired) electrons. The van der Waals surface area contributed by atoms with E-state index in [9.17, 15) is 4.39 Å². The van der Waals surface area contributed by atoms with Crippen molar-refractivity contribution in [3.8, 4) is 0 Å². The van der Waals surface area contributed by atoms with Gasteiger partial charge in [0.15, 0.2) is 0 Å². The van der Waals surface area contributed by atoms with Crippen molar-refractivity contribution in [1.29, 1.82) is 0 Å². The molecule has 1 aromatic heterocycles. The monoisotopic (exact) mass is 245 g/mol. The Morgan fingerprint density at radius 1 is 1.22 bits per heavy atom. The standard InChI is InChI=1S/C14H16FN3/c15-14-13(17-11-5-7-16-8-6-11)9-10-3-1-2-4-12(10)18-14/h1-4,9,11,16-17H,5-8H2. The number of para-hydroxylation sites is 1. The van der Waals surface area contributed by atoms with E-state index in [1.165, 1.54) is 0 Å². The SMILES string of the molecule is Fc1nc2ccccc2cc1NC1CCNCC1. The number of fused-ring (bicyclic) bond motifs is 1. The lowest BCUT2D eigenvalue weighted by atomic mass is 10.1. The number of rotatable bonds is 2. The Bertz CT molecular complexity index is 550. The number of nitrogens with zero attached hydrogens (tertiary/aromatic N) is 1. The van der Waals surface area contributed by atoms with Crippen molar-refractivity contribution >= 4 is 16.6 Å². The molecule has 94 valence electrons. The fourth-order valence-electron chi connectivity index (χ4n) is 2.38. The molecular formula is C14H16FN3. The van der Waals surface area contributed by atoms with Gasteiger partial charge in [-0.2, -0.15) is 4.39 Å². The molecule has 3 rings (SSSR count). The summed E-state index contributed by atoms with van der Waals surface area (Å²) >= 11 is 0. The van der Waals surface area contributed by atoms with E-state index in [2.05, 4.69) is 15.6 Å². The molecule has 1 aliphatic rings. The molecule has 18 heavy (non-hydrogen) atoms. The molecule has 3 nitrogen and oxygen atoms in total. The smallest absolute Gasteiger partial charge is 0.236 e. The van der Waals surface area contributed by atoms with Crippen LogP contribution in [0.15, 0.2) is 30.3 Å². The minimum atomic E-state index is -0.410. The van der Waals surface area contributed by atoms with Gasteiger partial charge < -0.3 is 10.6 Å².